The molecule has 1 aromatic heterocycles. The van der Waals surface area contributed by atoms with E-state index in [1.54, 1.807) is 48.5 Å². The van der Waals surface area contributed by atoms with E-state index >= 15 is 0 Å². The SMILES string of the molecule is O=C(COC(=O)c1cc(=O)c2ccccc2o1)NCc1ccccc1Cl. The van der Waals surface area contributed by atoms with E-state index < -0.39 is 18.5 Å². The van der Waals surface area contributed by atoms with Crippen molar-refractivity contribution in [2.24, 2.45) is 0 Å². The zero-order valence-electron chi connectivity index (χ0n) is 13.5. The van der Waals surface area contributed by atoms with Gasteiger partial charge in [-0.2, -0.15) is 0 Å². The number of carbonyl (C=O) groups is 2. The number of para-hydroxylation sites is 1. The summed E-state index contributed by atoms with van der Waals surface area (Å²) in [4.78, 5) is 35.8. The van der Waals surface area contributed by atoms with Crippen molar-refractivity contribution in [3.8, 4) is 0 Å². The molecule has 0 bridgehead atoms. The Hall–Kier alpha value is -3.12. The van der Waals surface area contributed by atoms with Gasteiger partial charge in [0.25, 0.3) is 5.91 Å². The predicted molar refractivity (Wildman–Crippen MR) is 96.1 cm³/mol. The molecule has 26 heavy (non-hydrogen) atoms. The largest absolute Gasteiger partial charge is 0.450 e. The molecule has 0 aliphatic rings. The molecule has 3 rings (SSSR count). The standard InChI is InChI=1S/C19H14ClNO5/c20-14-7-3-1-5-12(14)10-21-18(23)11-25-19(24)17-9-15(22)13-6-2-4-8-16(13)26-17/h1-9H,10-11H2,(H,21,23). The van der Waals surface area contributed by atoms with Crippen LogP contribution in [0.4, 0.5) is 0 Å². The molecule has 0 unspecified atom stereocenters. The minimum Gasteiger partial charge on any atom is -0.450 e. The van der Waals surface area contributed by atoms with E-state index in [0.717, 1.165) is 11.6 Å². The molecule has 1 N–H and O–H groups in total. The average Bonchev–Trinajstić information content (AvgIpc) is 2.65. The van der Waals surface area contributed by atoms with Gasteiger partial charge in [-0.25, -0.2) is 4.79 Å². The summed E-state index contributed by atoms with van der Waals surface area (Å²) < 4.78 is 10.3. The first-order valence-electron chi connectivity index (χ1n) is 7.75. The van der Waals surface area contributed by atoms with E-state index in [-0.39, 0.29) is 23.3 Å². The monoisotopic (exact) mass is 371 g/mol. The molecule has 7 heteroatoms. The molecule has 0 atom stereocenters. The Bertz CT molecular complexity index is 1030. The van der Waals surface area contributed by atoms with Gasteiger partial charge in [-0.15, -0.1) is 0 Å². The molecular weight excluding hydrogens is 358 g/mol. The van der Waals surface area contributed by atoms with Gasteiger partial charge >= 0.3 is 5.97 Å². The molecule has 0 aliphatic carbocycles. The number of hydrogen-bond acceptors (Lipinski definition) is 5. The Balaban J connectivity index is 1.59. The molecular formula is C19H14ClNO5. The zero-order valence-corrected chi connectivity index (χ0v) is 14.3. The number of halogens is 1. The Kier molecular flexibility index (Phi) is 5.34. The molecule has 0 spiro atoms. The van der Waals surface area contributed by atoms with Crippen molar-refractivity contribution in [3.05, 3.63) is 81.2 Å². The molecule has 132 valence electrons. The van der Waals surface area contributed by atoms with Crippen LogP contribution in [0.15, 0.2) is 63.8 Å². The lowest BCUT2D eigenvalue weighted by atomic mass is 10.2. The van der Waals surface area contributed by atoms with Gasteiger partial charge in [-0.1, -0.05) is 41.9 Å². The zero-order chi connectivity index (χ0) is 18.5. The first kappa shape index (κ1) is 17.7. The van der Waals surface area contributed by atoms with Crippen molar-refractivity contribution in [1.29, 1.82) is 0 Å². The third-order valence-electron chi connectivity index (χ3n) is 3.60. The molecule has 3 aromatic rings. The van der Waals surface area contributed by atoms with Gasteiger partial charge in [0.05, 0.1) is 5.39 Å². The fourth-order valence-corrected chi connectivity index (χ4v) is 2.50. The molecule has 1 heterocycles. The summed E-state index contributed by atoms with van der Waals surface area (Å²) in [6.07, 6.45) is 0. The van der Waals surface area contributed by atoms with Crippen LogP contribution in [0.5, 0.6) is 0 Å². The summed E-state index contributed by atoms with van der Waals surface area (Å²) in [5.74, 6) is -1.64. The molecule has 0 saturated carbocycles. The fourth-order valence-electron chi connectivity index (χ4n) is 2.29. The maximum atomic E-state index is 12.0. The maximum Gasteiger partial charge on any atom is 0.374 e. The highest BCUT2D eigenvalue weighted by atomic mass is 35.5. The maximum absolute atomic E-state index is 12.0. The molecule has 0 radical (unpaired) electrons. The molecule has 6 nitrogen and oxygen atoms in total. The highest BCUT2D eigenvalue weighted by Gasteiger charge is 2.15. The summed E-state index contributed by atoms with van der Waals surface area (Å²) in [5, 5.41) is 3.49. The van der Waals surface area contributed by atoms with Crippen molar-refractivity contribution < 1.29 is 18.7 Å². The second-order valence-electron chi connectivity index (χ2n) is 5.42. The van der Waals surface area contributed by atoms with Crippen molar-refractivity contribution in [2.45, 2.75) is 6.54 Å². The number of carbonyl (C=O) groups excluding carboxylic acids is 2. The van der Waals surface area contributed by atoms with E-state index in [4.69, 9.17) is 20.8 Å². The number of rotatable bonds is 5. The third-order valence-corrected chi connectivity index (χ3v) is 3.97. The highest BCUT2D eigenvalue weighted by Crippen LogP contribution is 2.14. The van der Waals surface area contributed by atoms with Crippen LogP contribution in [0, 0.1) is 0 Å². The molecule has 0 saturated heterocycles. The second kappa shape index (κ2) is 7.84. The third kappa shape index (κ3) is 4.10. The number of ether oxygens (including phenoxy) is 1. The quantitative estimate of drug-likeness (QED) is 0.697. The number of benzene rings is 2. The van der Waals surface area contributed by atoms with Crippen molar-refractivity contribution in [2.75, 3.05) is 6.61 Å². The Morgan fingerprint density at radius 2 is 1.81 bits per heavy atom. The Morgan fingerprint density at radius 1 is 1.08 bits per heavy atom. The van der Waals surface area contributed by atoms with Crippen LogP contribution in [0.3, 0.4) is 0 Å². The van der Waals surface area contributed by atoms with Crippen LogP contribution < -0.4 is 10.7 Å². The summed E-state index contributed by atoms with van der Waals surface area (Å²) in [6.45, 7) is -0.291. The van der Waals surface area contributed by atoms with E-state index in [1.165, 1.54) is 0 Å². The van der Waals surface area contributed by atoms with Crippen molar-refractivity contribution in [1.82, 2.24) is 5.32 Å². The average molecular weight is 372 g/mol. The van der Waals surface area contributed by atoms with E-state index in [1.807, 2.05) is 0 Å². The van der Waals surface area contributed by atoms with Crippen LogP contribution in [-0.2, 0) is 16.1 Å². The van der Waals surface area contributed by atoms with Crippen LogP contribution in [0.1, 0.15) is 16.1 Å². The minimum absolute atomic E-state index is 0.209. The van der Waals surface area contributed by atoms with Gasteiger partial charge in [0.1, 0.15) is 5.58 Å². The van der Waals surface area contributed by atoms with Crippen LogP contribution in [-0.4, -0.2) is 18.5 Å². The Morgan fingerprint density at radius 3 is 2.62 bits per heavy atom. The number of hydrogen-bond donors (Lipinski definition) is 1. The first-order chi connectivity index (χ1) is 12.5. The van der Waals surface area contributed by atoms with Gasteiger partial charge in [0.2, 0.25) is 5.76 Å². The van der Waals surface area contributed by atoms with Gasteiger partial charge < -0.3 is 14.5 Å². The Labute approximate surface area is 153 Å². The van der Waals surface area contributed by atoms with Crippen molar-refractivity contribution in [3.63, 3.8) is 0 Å². The predicted octanol–water partition coefficient (Wildman–Crippen LogP) is 2.92. The molecule has 0 fully saturated rings. The van der Waals surface area contributed by atoms with Gasteiger partial charge in [0, 0.05) is 17.6 Å². The fraction of sp³-hybridized carbons (Fsp3) is 0.105. The normalized spacial score (nSPS) is 10.5. The number of esters is 1. The summed E-state index contributed by atoms with van der Waals surface area (Å²) >= 11 is 6.00. The van der Waals surface area contributed by atoms with Crippen LogP contribution >= 0.6 is 11.6 Å². The van der Waals surface area contributed by atoms with Gasteiger partial charge in [0.15, 0.2) is 12.0 Å². The van der Waals surface area contributed by atoms with Gasteiger partial charge in [-0.05, 0) is 23.8 Å². The van der Waals surface area contributed by atoms with E-state index in [2.05, 4.69) is 5.32 Å². The summed E-state index contributed by atoms with van der Waals surface area (Å²) in [5.41, 5.74) is 0.659. The number of fused-ring (bicyclic) bond motifs is 1. The molecule has 0 aliphatic heterocycles. The molecule has 2 aromatic carbocycles. The minimum atomic E-state index is -0.888. The smallest absolute Gasteiger partial charge is 0.374 e. The lowest BCUT2D eigenvalue weighted by Crippen LogP contribution is -2.28. The highest BCUT2D eigenvalue weighted by molar-refractivity contribution is 6.31. The molecule has 1 amide bonds. The number of amides is 1. The number of nitrogens with one attached hydrogen (secondary N) is 1. The van der Waals surface area contributed by atoms with E-state index in [9.17, 15) is 14.4 Å². The summed E-state index contributed by atoms with van der Waals surface area (Å²) in [7, 11) is 0. The second-order valence-corrected chi connectivity index (χ2v) is 5.82. The first-order valence-corrected chi connectivity index (χ1v) is 8.12. The van der Waals surface area contributed by atoms with Crippen LogP contribution in [0.25, 0.3) is 11.0 Å². The lowest BCUT2D eigenvalue weighted by molar-refractivity contribution is -0.124. The topological polar surface area (TPSA) is 85.6 Å². The van der Waals surface area contributed by atoms with E-state index in [0.29, 0.717) is 10.4 Å². The van der Waals surface area contributed by atoms with Gasteiger partial charge in [-0.3, -0.25) is 9.59 Å². The summed E-state index contributed by atoms with van der Waals surface area (Å²) in [6, 6.07) is 14.7. The lowest BCUT2D eigenvalue weighted by Gasteiger charge is -2.08. The van der Waals surface area contributed by atoms with Crippen LogP contribution in [0.2, 0.25) is 5.02 Å². The van der Waals surface area contributed by atoms with Crippen molar-refractivity contribution >= 4 is 34.4 Å².